The second-order valence-corrected chi connectivity index (χ2v) is 9.94. The Morgan fingerprint density at radius 2 is 1.51 bits per heavy atom. The molecule has 35 heavy (non-hydrogen) atoms. The number of fused-ring (bicyclic) bond motifs is 1. The lowest BCUT2D eigenvalue weighted by atomic mass is 9.77. The maximum absolute atomic E-state index is 14.4. The lowest BCUT2D eigenvalue weighted by Gasteiger charge is -2.29. The van der Waals surface area contributed by atoms with Crippen LogP contribution >= 0.6 is 0 Å². The van der Waals surface area contributed by atoms with Crippen molar-refractivity contribution < 1.29 is 22.3 Å². The van der Waals surface area contributed by atoms with E-state index >= 15 is 0 Å². The van der Waals surface area contributed by atoms with Gasteiger partial charge in [0.05, 0.1) is 0 Å². The highest BCUT2D eigenvalue weighted by atomic mass is 19.4. The summed E-state index contributed by atoms with van der Waals surface area (Å²) in [7, 11) is 0. The highest BCUT2D eigenvalue weighted by Crippen LogP contribution is 2.38. The van der Waals surface area contributed by atoms with Crippen LogP contribution in [-0.2, 0) is 12.8 Å². The van der Waals surface area contributed by atoms with Gasteiger partial charge in [0.25, 0.3) is 0 Å². The summed E-state index contributed by atoms with van der Waals surface area (Å²) in [5.74, 6) is -0.205. The van der Waals surface area contributed by atoms with Gasteiger partial charge in [0, 0.05) is 5.39 Å². The Morgan fingerprint density at radius 1 is 0.829 bits per heavy atom. The largest absolute Gasteiger partial charge is 0.573 e. The first-order chi connectivity index (χ1) is 16.8. The predicted octanol–water partition coefficient (Wildman–Crippen LogP) is 9.52. The normalized spacial score (nSPS) is 18.7. The molecule has 188 valence electrons. The zero-order valence-electron chi connectivity index (χ0n) is 20.3. The molecule has 1 nitrogen and oxygen atoms in total. The molecule has 0 radical (unpaired) electrons. The van der Waals surface area contributed by atoms with E-state index in [1.54, 1.807) is 6.07 Å². The van der Waals surface area contributed by atoms with Crippen molar-refractivity contribution in [2.45, 2.75) is 83.4 Å². The number of halogens is 4. The van der Waals surface area contributed by atoms with E-state index in [1.165, 1.54) is 74.6 Å². The van der Waals surface area contributed by atoms with Crippen LogP contribution in [0.4, 0.5) is 17.6 Å². The molecule has 0 amide bonds. The summed E-state index contributed by atoms with van der Waals surface area (Å²) in [5, 5.41) is 0.690. The number of rotatable bonds is 9. The molecule has 0 aliphatic heterocycles. The van der Waals surface area contributed by atoms with E-state index in [1.807, 2.05) is 6.07 Å². The van der Waals surface area contributed by atoms with Gasteiger partial charge in [-0.25, -0.2) is 4.39 Å². The Kier molecular flexibility index (Phi) is 8.35. The van der Waals surface area contributed by atoms with E-state index in [0.717, 1.165) is 30.4 Å². The summed E-state index contributed by atoms with van der Waals surface area (Å²) >= 11 is 0. The molecule has 0 bridgehead atoms. The van der Waals surface area contributed by atoms with Crippen LogP contribution in [0.25, 0.3) is 10.8 Å². The van der Waals surface area contributed by atoms with Crippen molar-refractivity contribution in [1.29, 1.82) is 0 Å². The first kappa shape index (κ1) is 25.5. The van der Waals surface area contributed by atoms with Crippen molar-refractivity contribution in [3.8, 4) is 5.75 Å². The number of hydrogen-bond acceptors (Lipinski definition) is 1. The fourth-order valence-corrected chi connectivity index (χ4v) is 5.39. The van der Waals surface area contributed by atoms with E-state index in [0.29, 0.717) is 11.3 Å². The summed E-state index contributed by atoms with van der Waals surface area (Å²) < 4.78 is 55.6. The van der Waals surface area contributed by atoms with Crippen LogP contribution in [0, 0.1) is 11.7 Å². The molecule has 1 fully saturated rings. The molecule has 0 atom stereocenters. The monoisotopic (exact) mass is 486 g/mol. The molecular weight excluding hydrogens is 452 g/mol. The van der Waals surface area contributed by atoms with Crippen LogP contribution in [0.1, 0.15) is 80.9 Å². The van der Waals surface area contributed by atoms with Gasteiger partial charge in [0.2, 0.25) is 0 Å². The molecule has 0 heterocycles. The third-order valence-corrected chi connectivity index (χ3v) is 7.42. The summed E-state index contributed by atoms with van der Waals surface area (Å²) in [6.07, 6.45) is 7.41. The molecular formula is C30H34F4O. The van der Waals surface area contributed by atoms with Crippen molar-refractivity contribution in [1.82, 2.24) is 0 Å². The second-order valence-electron chi connectivity index (χ2n) is 9.94. The van der Waals surface area contributed by atoms with Crippen LogP contribution in [0.2, 0.25) is 0 Å². The highest BCUT2D eigenvalue weighted by molar-refractivity contribution is 5.85. The van der Waals surface area contributed by atoms with Crippen molar-refractivity contribution in [3.05, 3.63) is 77.1 Å². The molecule has 0 N–H and O–H groups in total. The van der Waals surface area contributed by atoms with Crippen LogP contribution in [-0.4, -0.2) is 6.36 Å². The fourth-order valence-electron chi connectivity index (χ4n) is 5.39. The van der Waals surface area contributed by atoms with Gasteiger partial charge in [-0.3, -0.25) is 0 Å². The van der Waals surface area contributed by atoms with Gasteiger partial charge >= 0.3 is 6.36 Å². The maximum Gasteiger partial charge on any atom is 0.573 e. The number of hydrogen-bond donors (Lipinski definition) is 0. The minimum atomic E-state index is -4.92. The molecule has 5 heteroatoms. The average Bonchev–Trinajstić information content (AvgIpc) is 2.85. The first-order valence-electron chi connectivity index (χ1n) is 12.9. The smallest absolute Gasteiger partial charge is 0.403 e. The Bertz CT molecular complexity index is 1100. The predicted molar refractivity (Wildman–Crippen MR) is 133 cm³/mol. The number of ether oxygens (including phenoxy) is 1. The van der Waals surface area contributed by atoms with Crippen LogP contribution in [0.15, 0.2) is 54.6 Å². The van der Waals surface area contributed by atoms with Crippen molar-refractivity contribution in [2.75, 3.05) is 0 Å². The first-order valence-corrected chi connectivity index (χ1v) is 12.9. The number of benzene rings is 3. The summed E-state index contributed by atoms with van der Waals surface area (Å²) in [4.78, 5) is 0. The van der Waals surface area contributed by atoms with Crippen molar-refractivity contribution >= 4 is 10.8 Å². The van der Waals surface area contributed by atoms with Gasteiger partial charge in [-0.1, -0.05) is 81.1 Å². The van der Waals surface area contributed by atoms with Crippen LogP contribution in [0.5, 0.6) is 5.75 Å². The summed E-state index contributed by atoms with van der Waals surface area (Å²) in [5.41, 5.74) is 3.72. The Balaban J connectivity index is 1.32. The van der Waals surface area contributed by atoms with Crippen molar-refractivity contribution in [2.24, 2.45) is 5.92 Å². The minimum Gasteiger partial charge on any atom is -0.403 e. The number of aryl methyl sites for hydroxylation is 2. The molecule has 4 rings (SSSR count). The molecule has 0 aromatic heterocycles. The van der Waals surface area contributed by atoms with E-state index < -0.39 is 17.9 Å². The van der Waals surface area contributed by atoms with Gasteiger partial charge in [-0.15, -0.1) is 13.2 Å². The molecule has 1 aliphatic rings. The SMILES string of the molecule is CCCCCC1CCC(c2ccc(CCc3ccc4c(F)c(OC(F)(F)F)ccc4c3)cc2)CC1. The molecule has 3 aromatic carbocycles. The van der Waals surface area contributed by atoms with E-state index in [2.05, 4.69) is 35.9 Å². The number of alkyl halides is 3. The molecule has 1 saturated carbocycles. The standard InChI is InChI=1S/C30H34F4O/c1-2-3-4-5-21-8-13-24(14-9-21)25-15-10-22(11-16-25)6-7-23-12-18-27-26(20-23)17-19-28(29(27)31)35-30(32,33)34/h10-12,15-21,24H,2-9,13-14H2,1H3. The molecule has 3 aromatic rings. The van der Waals surface area contributed by atoms with E-state index in [-0.39, 0.29) is 5.39 Å². The second kappa shape index (κ2) is 11.5. The van der Waals surface area contributed by atoms with Gasteiger partial charge in [0.15, 0.2) is 11.6 Å². The zero-order valence-corrected chi connectivity index (χ0v) is 20.3. The quantitative estimate of drug-likeness (QED) is 0.216. The van der Waals surface area contributed by atoms with Gasteiger partial charge in [0.1, 0.15) is 0 Å². The topological polar surface area (TPSA) is 9.23 Å². The average molecular weight is 487 g/mol. The minimum absolute atomic E-state index is 0.125. The zero-order chi connectivity index (χ0) is 24.8. The molecule has 0 saturated heterocycles. The summed E-state index contributed by atoms with van der Waals surface area (Å²) in [6, 6.07) is 16.6. The van der Waals surface area contributed by atoms with Gasteiger partial charge < -0.3 is 4.74 Å². The van der Waals surface area contributed by atoms with Gasteiger partial charge in [-0.05, 0) is 78.5 Å². The fraction of sp³-hybridized carbons (Fsp3) is 0.467. The van der Waals surface area contributed by atoms with Crippen molar-refractivity contribution in [3.63, 3.8) is 0 Å². The summed E-state index contributed by atoms with van der Waals surface area (Å²) in [6.45, 7) is 2.26. The lowest BCUT2D eigenvalue weighted by Crippen LogP contribution is -2.18. The Morgan fingerprint density at radius 3 is 2.20 bits per heavy atom. The van der Waals surface area contributed by atoms with Gasteiger partial charge in [-0.2, -0.15) is 0 Å². The molecule has 0 unspecified atom stereocenters. The highest BCUT2D eigenvalue weighted by Gasteiger charge is 2.32. The Labute approximate surface area is 205 Å². The molecule has 0 spiro atoms. The van der Waals surface area contributed by atoms with E-state index in [9.17, 15) is 17.6 Å². The third-order valence-electron chi connectivity index (χ3n) is 7.42. The number of unbranched alkanes of at least 4 members (excludes halogenated alkanes) is 2. The maximum atomic E-state index is 14.4. The Hall–Kier alpha value is -2.56. The lowest BCUT2D eigenvalue weighted by molar-refractivity contribution is -0.275. The van der Waals surface area contributed by atoms with Crippen LogP contribution in [0.3, 0.4) is 0 Å². The van der Waals surface area contributed by atoms with Crippen LogP contribution < -0.4 is 4.74 Å². The van der Waals surface area contributed by atoms with E-state index in [4.69, 9.17) is 0 Å². The third kappa shape index (κ3) is 6.99. The molecule has 1 aliphatic carbocycles.